The van der Waals surface area contributed by atoms with Gasteiger partial charge < -0.3 is 19.9 Å². The first-order valence-electron chi connectivity index (χ1n) is 15.1. The van der Waals surface area contributed by atoms with Gasteiger partial charge in [0, 0.05) is 99.6 Å². The zero-order valence-electron chi connectivity index (χ0n) is 25.7. The minimum atomic E-state index is -0.302. The van der Waals surface area contributed by atoms with Gasteiger partial charge in [0.25, 0.3) is 5.91 Å². The van der Waals surface area contributed by atoms with Crippen molar-refractivity contribution in [2.24, 2.45) is 10.8 Å². The van der Waals surface area contributed by atoms with Crippen molar-refractivity contribution in [1.29, 1.82) is 5.26 Å². The summed E-state index contributed by atoms with van der Waals surface area (Å²) < 4.78 is 6.36. The van der Waals surface area contributed by atoms with Gasteiger partial charge in [0.05, 0.1) is 10.6 Å². The van der Waals surface area contributed by atoms with Gasteiger partial charge in [-0.25, -0.2) is 0 Å². The second-order valence-corrected chi connectivity index (χ2v) is 13.7. The molecule has 2 aliphatic heterocycles. The lowest BCUT2D eigenvalue weighted by molar-refractivity contribution is -0.164. The Morgan fingerprint density at radius 2 is 1.50 bits per heavy atom. The second-order valence-electron chi connectivity index (χ2n) is 13.3. The van der Waals surface area contributed by atoms with Crippen LogP contribution >= 0.6 is 11.6 Å². The Bertz CT molecular complexity index is 1270. The molecule has 0 unspecified atom stereocenters. The molecular formula is C33H45ClN6O2. The fraction of sp³-hybridized carbons (Fsp3) is 0.576. The van der Waals surface area contributed by atoms with Crippen LogP contribution in [0.2, 0.25) is 5.02 Å². The zero-order chi connectivity index (χ0) is 30.1. The first-order chi connectivity index (χ1) is 20.0. The SMILES string of the molecule is CN1CCN(CCN2CCN(c3ccc(C(=O)N[C@H]4C(C)(C)[C@H](Oc5ccc(C#N)c(Cl)c5)C4(C)C)cc3)CC2)CC1. The monoisotopic (exact) mass is 592 g/mol. The molecule has 2 heterocycles. The fourth-order valence-electron chi connectivity index (χ4n) is 7.22. The van der Waals surface area contributed by atoms with Gasteiger partial charge in [-0.1, -0.05) is 39.3 Å². The highest BCUT2D eigenvalue weighted by atomic mass is 35.5. The van der Waals surface area contributed by atoms with Crippen LogP contribution in [0.25, 0.3) is 0 Å². The molecule has 0 atom stereocenters. The van der Waals surface area contributed by atoms with Crippen molar-refractivity contribution in [2.45, 2.75) is 39.8 Å². The third kappa shape index (κ3) is 6.40. The molecule has 0 spiro atoms. The summed E-state index contributed by atoms with van der Waals surface area (Å²) >= 11 is 6.22. The molecule has 3 aliphatic rings. The van der Waals surface area contributed by atoms with Gasteiger partial charge in [0.15, 0.2) is 0 Å². The number of ether oxygens (including phenoxy) is 1. The largest absolute Gasteiger partial charge is 0.489 e. The molecular weight excluding hydrogens is 548 g/mol. The lowest BCUT2D eigenvalue weighted by atomic mass is 9.49. The standard InChI is InChI=1S/C33H45ClN6O2/c1-32(2)30(33(3,4)31(32)42-27-11-8-25(23-35)28(34)22-27)36-29(41)24-6-9-26(10-7-24)40-20-18-39(19-21-40)17-16-38-14-12-37(5)13-15-38/h6-11,22,30-31H,12-21H2,1-5H3,(H,36,41)/t30-,31-. The summed E-state index contributed by atoms with van der Waals surface area (Å²) in [7, 11) is 2.20. The summed E-state index contributed by atoms with van der Waals surface area (Å²) in [5.74, 6) is 0.558. The van der Waals surface area contributed by atoms with Crippen LogP contribution in [-0.2, 0) is 0 Å². The smallest absolute Gasteiger partial charge is 0.251 e. The Labute approximate surface area is 256 Å². The van der Waals surface area contributed by atoms with Crippen molar-refractivity contribution in [3.8, 4) is 11.8 Å². The number of nitriles is 1. The topological polar surface area (TPSA) is 75.1 Å². The van der Waals surface area contributed by atoms with Gasteiger partial charge in [-0.3, -0.25) is 14.6 Å². The Hall–Kier alpha value is -2.83. The molecule has 5 rings (SSSR count). The number of piperazine rings is 2. The predicted octanol–water partition coefficient (Wildman–Crippen LogP) is 4.19. The molecule has 2 saturated heterocycles. The molecule has 0 bridgehead atoms. The zero-order valence-corrected chi connectivity index (χ0v) is 26.5. The molecule has 1 N–H and O–H groups in total. The number of nitrogens with one attached hydrogen (secondary N) is 1. The number of nitrogens with zero attached hydrogens (tertiary/aromatic N) is 5. The summed E-state index contributed by atoms with van der Waals surface area (Å²) in [6.45, 7) is 19.6. The number of hydrogen-bond acceptors (Lipinski definition) is 7. The van der Waals surface area contributed by atoms with E-state index >= 15 is 0 Å². The Morgan fingerprint density at radius 1 is 0.929 bits per heavy atom. The highest BCUT2D eigenvalue weighted by molar-refractivity contribution is 6.31. The number of amides is 1. The van der Waals surface area contributed by atoms with E-state index in [2.05, 4.69) is 77.9 Å². The number of halogens is 1. The van der Waals surface area contributed by atoms with Crippen molar-refractivity contribution < 1.29 is 9.53 Å². The van der Waals surface area contributed by atoms with Crippen LogP contribution in [0.5, 0.6) is 5.75 Å². The fourth-order valence-corrected chi connectivity index (χ4v) is 7.43. The molecule has 0 aromatic heterocycles. The van der Waals surface area contributed by atoms with Crippen LogP contribution in [0, 0.1) is 22.2 Å². The minimum Gasteiger partial charge on any atom is -0.489 e. The van der Waals surface area contributed by atoms with Crippen LogP contribution < -0.4 is 15.0 Å². The van der Waals surface area contributed by atoms with Gasteiger partial charge in [0.1, 0.15) is 17.9 Å². The number of benzene rings is 2. The first kappa shape index (κ1) is 30.6. The van der Waals surface area contributed by atoms with Gasteiger partial charge in [-0.15, -0.1) is 0 Å². The van der Waals surface area contributed by atoms with Crippen LogP contribution in [-0.4, -0.2) is 105 Å². The number of anilines is 1. The van der Waals surface area contributed by atoms with E-state index in [-0.39, 0.29) is 28.9 Å². The number of carbonyl (C=O) groups excluding carboxylic acids is 1. The number of carbonyl (C=O) groups is 1. The average molecular weight is 593 g/mol. The van der Waals surface area contributed by atoms with Crippen molar-refractivity contribution in [2.75, 3.05) is 77.4 Å². The predicted molar refractivity (Wildman–Crippen MR) is 168 cm³/mol. The van der Waals surface area contributed by atoms with Crippen LogP contribution in [0.15, 0.2) is 42.5 Å². The van der Waals surface area contributed by atoms with E-state index in [1.165, 1.54) is 31.9 Å². The van der Waals surface area contributed by atoms with E-state index in [0.717, 1.165) is 39.3 Å². The average Bonchev–Trinajstić information content (AvgIpc) is 2.98. The summed E-state index contributed by atoms with van der Waals surface area (Å²) in [4.78, 5) is 23.3. The number of hydrogen-bond donors (Lipinski definition) is 1. The Kier molecular flexibility index (Phi) is 9.05. The number of likely N-dealkylation sites (N-methyl/N-ethyl adjacent to an activating group) is 1. The molecule has 3 fully saturated rings. The van der Waals surface area contributed by atoms with Gasteiger partial charge >= 0.3 is 0 Å². The normalized spacial score (nSPS) is 24.5. The number of rotatable bonds is 8. The summed E-state index contributed by atoms with van der Waals surface area (Å²) in [6.07, 6.45) is -0.137. The minimum absolute atomic E-state index is 0.0682. The molecule has 1 amide bonds. The molecule has 226 valence electrons. The molecule has 2 aromatic rings. The molecule has 9 heteroatoms. The maximum atomic E-state index is 13.3. The maximum absolute atomic E-state index is 13.3. The van der Waals surface area contributed by atoms with Crippen molar-refractivity contribution in [3.05, 3.63) is 58.6 Å². The van der Waals surface area contributed by atoms with Crippen molar-refractivity contribution in [1.82, 2.24) is 20.0 Å². The quantitative estimate of drug-likeness (QED) is 0.493. The van der Waals surface area contributed by atoms with Crippen LogP contribution in [0.3, 0.4) is 0 Å². The lowest BCUT2D eigenvalue weighted by Crippen LogP contribution is -2.74. The lowest BCUT2D eigenvalue weighted by Gasteiger charge is -2.63. The molecule has 42 heavy (non-hydrogen) atoms. The van der Waals surface area contributed by atoms with E-state index in [9.17, 15) is 4.79 Å². The summed E-state index contributed by atoms with van der Waals surface area (Å²) in [6, 6.07) is 15.2. The Balaban J connectivity index is 1.12. The van der Waals surface area contributed by atoms with Gasteiger partial charge in [-0.2, -0.15) is 5.26 Å². The maximum Gasteiger partial charge on any atom is 0.251 e. The van der Waals surface area contributed by atoms with E-state index in [1.807, 2.05) is 12.1 Å². The molecule has 1 aliphatic carbocycles. The first-order valence-corrected chi connectivity index (χ1v) is 15.5. The summed E-state index contributed by atoms with van der Waals surface area (Å²) in [5, 5.41) is 12.8. The second kappa shape index (κ2) is 12.4. The molecule has 8 nitrogen and oxygen atoms in total. The van der Waals surface area contributed by atoms with E-state index < -0.39 is 0 Å². The third-order valence-electron chi connectivity index (χ3n) is 9.63. The highest BCUT2D eigenvalue weighted by Gasteiger charge is 2.64. The highest BCUT2D eigenvalue weighted by Crippen LogP contribution is 2.55. The van der Waals surface area contributed by atoms with Gasteiger partial charge in [0.2, 0.25) is 0 Å². The summed E-state index contributed by atoms with van der Waals surface area (Å²) in [5.41, 5.74) is 1.65. The van der Waals surface area contributed by atoms with E-state index in [1.54, 1.807) is 18.2 Å². The van der Waals surface area contributed by atoms with Crippen molar-refractivity contribution in [3.63, 3.8) is 0 Å². The van der Waals surface area contributed by atoms with E-state index in [0.29, 0.717) is 21.9 Å². The Morgan fingerprint density at radius 3 is 2.05 bits per heavy atom. The third-order valence-corrected chi connectivity index (χ3v) is 9.94. The van der Waals surface area contributed by atoms with Gasteiger partial charge in [-0.05, 0) is 43.4 Å². The molecule has 1 saturated carbocycles. The molecule has 0 radical (unpaired) electrons. The van der Waals surface area contributed by atoms with E-state index in [4.69, 9.17) is 21.6 Å². The molecule has 2 aromatic carbocycles. The van der Waals surface area contributed by atoms with Crippen LogP contribution in [0.4, 0.5) is 5.69 Å². The van der Waals surface area contributed by atoms with Crippen molar-refractivity contribution >= 4 is 23.2 Å². The van der Waals surface area contributed by atoms with Crippen LogP contribution in [0.1, 0.15) is 43.6 Å².